The van der Waals surface area contributed by atoms with Crippen LogP contribution < -0.4 is 5.32 Å². The summed E-state index contributed by atoms with van der Waals surface area (Å²) in [6, 6.07) is 8.65. The Morgan fingerprint density at radius 3 is 2.70 bits per heavy atom. The number of carbonyl (C=O) groups excluding carboxylic acids is 1. The number of carboxylic acids is 1. The van der Waals surface area contributed by atoms with E-state index in [9.17, 15) is 9.59 Å². The van der Waals surface area contributed by atoms with E-state index in [-0.39, 0.29) is 11.6 Å². The summed E-state index contributed by atoms with van der Waals surface area (Å²) in [7, 11) is 0. The van der Waals surface area contributed by atoms with Gasteiger partial charge < -0.3 is 10.4 Å². The lowest BCUT2D eigenvalue weighted by atomic mass is 10.2. The molecule has 0 unspecified atom stereocenters. The quantitative estimate of drug-likeness (QED) is 0.893. The van der Waals surface area contributed by atoms with Gasteiger partial charge in [0.2, 0.25) is 5.91 Å². The van der Waals surface area contributed by atoms with Crippen LogP contribution in [0.1, 0.15) is 30.0 Å². The molecule has 0 aliphatic heterocycles. The Bertz CT molecular complexity index is 661. The third kappa shape index (κ3) is 2.85. The van der Waals surface area contributed by atoms with Crippen LogP contribution in [0.15, 0.2) is 30.3 Å². The molecule has 6 heteroatoms. The van der Waals surface area contributed by atoms with Crippen LogP contribution in [0.25, 0.3) is 5.69 Å². The minimum Gasteiger partial charge on any atom is -0.476 e. The Balaban J connectivity index is 2.45. The fraction of sp³-hybridized carbons (Fsp3) is 0.214. The predicted octanol–water partition coefficient (Wildman–Crippen LogP) is 2.09. The van der Waals surface area contributed by atoms with Gasteiger partial charge in [0.05, 0.1) is 5.69 Å². The van der Waals surface area contributed by atoms with E-state index < -0.39 is 5.97 Å². The van der Waals surface area contributed by atoms with Crippen LogP contribution in [-0.2, 0) is 11.2 Å². The van der Waals surface area contributed by atoms with Crippen molar-refractivity contribution in [3.63, 3.8) is 0 Å². The normalized spacial score (nSPS) is 10.3. The maximum absolute atomic E-state index is 11.1. The largest absolute Gasteiger partial charge is 0.476 e. The Morgan fingerprint density at radius 2 is 2.10 bits per heavy atom. The minimum atomic E-state index is -1.06. The smallest absolute Gasteiger partial charge is 0.356 e. The first-order chi connectivity index (χ1) is 9.51. The van der Waals surface area contributed by atoms with E-state index in [1.54, 1.807) is 28.9 Å². The molecule has 104 valence electrons. The SMILES string of the molecule is CCc1cc(C(=O)O)nn1-c1cccc(NC(C)=O)c1. The summed E-state index contributed by atoms with van der Waals surface area (Å²) in [6.07, 6.45) is 0.657. The lowest BCUT2D eigenvalue weighted by molar-refractivity contribution is -0.114. The molecule has 2 aromatic rings. The molecule has 0 radical (unpaired) electrons. The molecule has 1 aromatic carbocycles. The number of aryl methyl sites for hydroxylation is 1. The lowest BCUT2D eigenvalue weighted by Gasteiger charge is -2.08. The van der Waals surface area contributed by atoms with Crippen LogP contribution in [0, 0.1) is 0 Å². The highest BCUT2D eigenvalue weighted by Crippen LogP contribution is 2.17. The van der Waals surface area contributed by atoms with Crippen molar-refractivity contribution >= 4 is 17.6 Å². The predicted molar refractivity (Wildman–Crippen MR) is 74.2 cm³/mol. The van der Waals surface area contributed by atoms with Gasteiger partial charge in [-0.05, 0) is 30.7 Å². The molecule has 2 N–H and O–H groups in total. The summed E-state index contributed by atoms with van der Waals surface area (Å²) < 4.78 is 1.58. The van der Waals surface area contributed by atoms with Crippen molar-refractivity contribution < 1.29 is 14.7 Å². The van der Waals surface area contributed by atoms with Crippen molar-refractivity contribution in [1.82, 2.24) is 9.78 Å². The number of aromatic nitrogens is 2. The highest BCUT2D eigenvalue weighted by molar-refractivity contribution is 5.89. The molecule has 20 heavy (non-hydrogen) atoms. The molecule has 2 rings (SSSR count). The summed E-state index contributed by atoms with van der Waals surface area (Å²) in [4.78, 5) is 22.1. The standard InChI is InChI=1S/C14H15N3O3/c1-3-11-8-13(14(19)20)16-17(11)12-6-4-5-10(7-12)15-9(2)18/h4-8H,3H2,1-2H3,(H,15,18)(H,19,20). The number of hydrogen-bond donors (Lipinski definition) is 2. The van der Waals surface area contributed by atoms with Gasteiger partial charge in [-0.1, -0.05) is 13.0 Å². The van der Waals surface area contributed by atoms with E-state index >= 15 is 0 Å². The number of aromatic carboxylic acids is 1. The van der Waals surface area contributed by atoms with E-state index in [4.69, 9.17) is 5.11 Å². The van der Waals surface area contributed by atoms with Gasteiger partial charge in [-0.25, -0.2) is 9.48 Å². The fourth-order valence-corrected chi connectivity index (χ4v) is 1.92. The first-order valence-corrected chi connectivity index (χ1v) is 6.21. The van der Waals surface area contributed by atoms with Gasteiger partial charge >= 0.3 is 5.97 Å². The second-order valence-corrected chi connectivity index (χ2v) is 4.32. The van der Waals surface area contributed by atoms with Crippen molar-refractivity contribution in [2.24, 2.45) is 0 Å². The second kappa shape index (κ2) is 5.56. The van der Waals surface area contributed by atoms with Crippen LogP contribution in [-0.4, -0.2) is 26.8 Å². The molecule has 6 nitrogen and oxygen atoms in total. The van der Waals surface area contributed by atoms with Crippen molar-refractivity contribution in [1.29, 1.82) is 0 Å². The molecule has 0 saturated heterocycles. The molecule has 1 amide bonds. The van der Waals surface area contributed by atoms with Crippen molar-refractivity contribution in [2.45, 2.75) is 20.3 Å². The monoisotopic (exact) mass is 273 g/mol. The van der Waals surface area contributed by atoms with E-state index in [2.05, 4.69) is 10.4 Å². The van der Waals surface area contributed by atoms with Gasteiger partial charge in [0, 0.05) is 18.3 Å². The van der Waals surface area contributed by atoms with Crippen LogP contribution in [0.4, 0.5) is 5.69 Å². The number of amides is 1. The summed E-state index contributed by atoms with van der Waals surface area (Å²) >= 11 is 0. The molecule has 0 aliphatic rings. The average molecular weight is 273 g/mol. The van der Waals surface area contributed by atoms with Crippen LogP contribution >= 0.6 is 0 Å². The van der Waals surface area contributed by atoms with Gasteiger partial charge in [0.1, 0.15) is 0 Å². The van der Waals surface area contributed by atoms with Gasteiger partial charge in [-0.3, -0.25) is 4.79 Å². The summed E-state index contributed by atoms with van der Waals surface area (Å²) in [5, 5.41) is 15.8. The first kappa shape index (κ1) is 13.8. The van der Waals surface area contributed by atoms with Gasteiger partial charge in [0.25, 0.3) is 0 Å². The van der Waals surface area contributed by atoms with Gasteiger partial charge in [-0.2, -0.15) is 5.10 Å². The minimum absolute atomic E-state index is 0.00628. The van der Waals surface area contributed by atoms with E-state index in [0.717, 1.165) is 5.69 Å². The van der Waals surface area contributed by atoms with Gasteiger partial charge in [-0.15, -0.1) is 0 Å². The number of hydrogen-bond acceptors (Lipinski definition) is 3. The third-order valence-electron chi connectivity index (χ3n) is 2.78. The number of carbonyl (C=O) groups is 2. The molecule has 0 aliphatic carbocycles. The highest BCUT2D eigenvalue weighted by atomic mass is 16.4. The molecular weight excluding hydrogens is 258 g/mol. The molecule has 0 fully saturated rings. The molecule has 1 aromatic heterocycles. The number of nitrogens with zero attached hydrogens (tertiary/aromatic N) is 2. The zero-order valence-electron chi connectivity index (χ0n) is 11.3. The summed E-state index contributed by atoms with van der Waals surface area (Å²) in [5.41, 5.74) is 2.15. The van der Waals surface area contributed by atoms with E-state index in [1.807, 2.05) is 13.0 Å². The Labute approximate surface area is 116 Å². The molecule has 1 heterocycles. The molecule has 0 atom stereocenters. The van der Waals surface area contributed by atoms with Crippen LogP contribution in [0.5, 0.6) is 0 Å². The number of anilines is 1. The van der Waals surface area contributed by atoms with Crippen molar-refractivity contribution in [3.05, 3.63) is 41.7 Å². The van der Waals surface area contributed by atoms with Crippen molar-refractivity contribution in [3.8, 4) is 5.69 Å². The van der Waals surface area contributed by atoms with E-state index in [1.165, 1.54) is 6.92 Å². The van der Waals surface area contributed by atoms with Crippen LogP contribution in [0.3, 0.4) is 0 Å². The number of carboxylic acid groups (broad SMARTS) is 1. The van der Waals surface area contributed by atoms with E-state index in [0.29, 0.717) is 17.8 Å². The summed E-state index contributed by atoms with van der Waals surface area (Å²) in [5.74, 6) is -1.22. The number of nitrogens with one attached hydrogen (secondary N) is 1. The summed E-state index contributed by atoms with van der Waals surface area (Å²) in [6.45, 7) is 3.36. The second-order valence-electron chi connectivity index (χ2n) is 4.32. The van der Waals surface area contributed by atoms with Crippen molar-refractivity contribution in [2.75, 3.05) is 5.32 Å². The third-order valence-corrected chi connectivity index (χ3v) is 2.78. The number of rotatable bonds is 4. The highest BCUT2D eigenvalue weighted by Gasteiger charge is 2.13. The topological polar surface area (TPSA) is 84.2 Å². The Hall–Kier alpha value is -2.63. The zero-order chi connectivity index (χ0) is 14.7. The molecular formula is C14H15N3O3. The maximum atomic E-state index is 11.1. The Morgan fingerprint density at radius 1 is 1.35 bits per heavy atom. The molecule has 0 saturated carbocycles. The fourth-order valence-electron chi connectivity index (χ4n) is 1.92. The Kier molecular flexibility index (Phi) is 3.84. The molecule has 0 bridgehead atoms. The molecule has 0 spiro atoms. The average Bonchev–Trinajstić information content (AvgIpc) is 2.82. The zero-order valence-corrected chi connectivity index (χ0v) is 11.3. The number of benzene rings is 1. The lowest BCUT2D eigenvalue weighted by Crippen LogP contribution is -2.07. The first-order valence-electron chi connectivity index (χ1n) is 6.21. The maximum Gasteiger partial charge on any atom is 0.356 e. The van der Waals surface area contributed by atoms with Gasteiger partial charge in [0.15, 0.2) is 5.69 Å². The van der Waals surface area contributed by atoms with Crippen LogP contribution in [0.2, 0.25) is 0 Å².